The molecule has 1 amide bonds. The molecule has 4 heteroatoms. The van der Waals surface area contributed by atoms with Crippen LogP contribution in [-0.2, 0) is 4.79 Å². The van der Waals surface area contributed by atoms with Crippen LogP contribution in [0.15, 0.2) is 0 Å². The van der Waals surface area contributed by atoms with Crippen LogP contribution in [0.2, 0.25) is 0 Å². The lowest BCUT2D eigenvalue weighted by atomic mass is 9.74. The van der Waals surface area contributed by atoms with Gasteiger partial charge in [0.15, 0.2) is 0 Å². The normalized spacial score (nSPS) is 32.2. The Balaban J connectivity index is 0.00000112. The second-order valence-electron chi connectivity index (χ2n) is 5.76. The minimum absolute atomic E-state index is 0. The van der Waals surface area contributed by atoms with E-state index in [9.17, 15) is 4.79 Å². The molecule has 1 aliphatic heterocycles. The van der Waals surface area contributed by atoms with E-state index in [1.807, 2.05) is 0 Å². The Morgan fingerprint density at radius 2 is 1.81 bits per heavy atom. The van der Waals surface area contributed by atoms with E-state index in [0.717, 1.165) is 5.92 Å². The second-order valence-corrected chi connectivity index (χ2v) is 5.76. The lowest BCUT2D eigenvalue weighted by molar-refractivity contribution is -0.123. The Morgan fingerprint density at radius 3 is 2.50 bits per heavy atom. The molecule has 2 fully saturated rings. The maximum absolute atomic E-state index is 11.6. The lowest BCUT2D eigenvalue weighted by Gasteiger charge is -2.32. The summed E-state index contributed by atoms with van der Waals surface area (Å²) in [5.41, 5.74) is 0.209. The van der Waals surface area contributed by atoms with Gasteiger partial charge in [0.2, 0.25) is 5.91 Å². The lowest BCUT2D eigenvalue weighted by Crippen LogP contribution is -2.39. The minimum atomic E-state index is 0. The molecule has 16 heavy (non-hydrogen) atoms. The van der Waals surface area contributed by atoms with Gasteiger partial charge < -0.3 is 5.32 Å². The molecule has 0 aromatic carbocycles. The van der Waals surface area contributed by atoms with Crippen molar-refractivity contribution >= 4 is 32.9 Å². The SMILES string of the molecule is CC1(C)CC(=O)N[C@@H]2CCCC[C@@H]2C1.S.S. The van der Waals surface area contributed by atoms with Gasteiger partial charge in [-0.25, -0.2) is 0 Å². The van der Waals surface area contributed by atoms with Gasteiger partial charge in [-0.3, -0.25) is 4.79 Å². The minimum Gasteiger partial charge on any atom is -0.353 e. The van der Waals surface area contributed by atoms with Crippen molar-refractivity contribution in [2.45, 2.75) is 58.4 Å². The van der Waals surface area contributed by atoms with Crippen molar-refractivity contribution in [1.29, 1.82) is 0 Å². The number of amides is 1. The second kappa shape index (κ2) is 6.20. The van der Waals surface area contributed by atoms with Crippen LogP contribution in [0.25, 0.3) is 0 Å². The van der Waals surface area contributed by atoms with Crippen molar-refractivity contribution in [1.82, 2.24) is 5.32 Å². The number of hydrogen-bond donors (Lipinski definition) is 1. The van der Waals surface area contributed by atoms with Crippen molar-refractivity contribution in [3.63, 3.8) is 0 Å². The quantitative estimate of drug-likeness (QED) is 0.715. The van der Waals surface area contributed by atoms with E-state index < -0.39 is 0 Å². The monoisotopic (exact) mass is 263 g/mol. The Kier molecular flexibility index (Phi) is 6.26. The van der Waals surface area contributed by atoms with Crippen molar-refractivity contribution in [3.8, 4) is 0 Å². The Morgan fingerprint density at radius 1 is 1.19 bits per heavy atom. The van der Waals surface area contributed by atoms with Crippen LogP contribution in [0.3, 0.4) is 0 Å². The van der Waals surface area contributed by atoms with Gasteiger partial charge in [0.05, 0.1) is 0 Å². The van der Waals surface area contributed by atoms with Crippen LogP contribution < -0.4 is 5.32 Å². The molecule has 0 aromatic rings. The smallest absolute Gasteiger partial charge is 0.220 e. The highest BCUT2D eigenvalue weighted by atomic mass is 32.1. The summed E-state index contributed by atoms with van der Waals surface area (Å²) in [5.74, 6) is 1.01. The Labute approximate surface area is 113 Å². The molecule has 1 saturated heterocycles. The van der Waals surface area contributed by atoms with E-state index in [1.165, 1.54) is 32.1 Å². The van der Waals surface area contributed by atoms with Crippen LogP contribution >= 0.6 is 27.0 Å². The van der Waals surface area contributed by atoms with Crippen LogP contribution in [0, 0.1) is 11.3 Å². The number of carbonyl (C=O) groups is 1. The van der Waals surface area contributed by atoms with Crippen molar-refractivity contribution < 1.29 is 4.79 Å². The van der Waals surface area contributed by atoms with Crippen LogP contribution in [0.4, 0.5) is 0 Å². The van der Waals surface area contributed by atoms with Gasteiger partial charge >= 0.3 is 0 Å². The van der Waals surface area contributed by atoms with E-state index in [2.05, 4.69) is 19.2 Å². The third kappa shape index (κ3) is 3.88. The fourth-order valence-electron chi connectivity index (χ4n) is 3.12. The number of carbonyl (C=O) groups excluding carboxylic acids is 1. The molecule has 1 N–H and O–H groups in total. The molecule has 1 heterocycles. The molecule has 2 rings (SSSR count). The van der Waals surface area contributed by atoms with E-state index in [4.69, 9.17) is 0 Å². The topological polar surface area (TPSA) is 29.1 Å². The average molecular weight is 263 g/mol. The average Bonchev–Trinajstić information content (AvgIpc) is 2.16. The van der Waals surface area contributed by atoms with Gasteiger partial charge in [0.1, 0.15) is 0 Å². The van der Waals surface area contributed by atoms with Crippen molar-refractivity contribution in [2.24, 2.45) is 11.3 Å². The summed E-state index contributed by atoms with van der Waals surface area (Å²) in [5, 5.41) is 3.20. The molecular formula is C12H25NOS2. The Hall–Kier alpha value is 0.170. The van der Waals surface area contributed by atoms with E-state index in [-0.39, 0.29) is 38.3 Å². The number of fused-ring (bicyclic) bond motifs is 1. The summed E-state index contributed by atoms with van der Waals surface area (Å²) in [4.78, 5) is 11.6. The maximum atomic E-state index is 11.6. The fraction of sp³-hybridized carbons (Fsp3) is 0.917. The number of hydrogen-bond acceptors (Lipinski definition) is 1. The largest absolute Gasteiger partial charge is 0.353 e. The van der Waals surface area contributed by atoms with E-state index >= 15 is 0 Å². The molecule has 1 aliphatic carbocycles. The number of nitrogens with one attached hydrogen (secondary N) is 1. The molecule has 0 bridgehead atoms. The van der Waals surface area contributed by atoms with Gasteiger partial charge in [0, 0.05) is 12.5 Å². The molecule has 2 aliphatic rings. The van der Waals surface area contributed by atoms with Gasteiger partial charge in [-0.15, -0.1) is 0 Å². The molecule has 0 radical (unpaired) electrons. The number of rotatable bonds is 0. The summed E-state index contributed by atoms with van der Waals surface area (Å²) < 4.78 is 0. The van der Waals surface area contributed by atoms with Crippen molar-refractivity contribution in [2.75, 3.05) is 0 Å². The standard InChI is InChI=1S/C12H21NO.2H2S/c1-12(2)7-9-5-3-4-6-10(9)13-11(14)8-12;;/h9-10H,3-8H2,1-2H3,(H,13,14);2*1H2/t9-,10-;;/m1../s1. The summed E-state index contributed by atoms with van der Waals surface area (Å²) in [6, 6.07) is 0.484. The zero-order chi connectivity index (χ0) is 10.2. The third-order valence-corrected chi connectivity index (χ3v) is 3.71. The molecular weight excluding hydrogens is 238 g/mol. The zero-order valence-electron chi connectivity index (χ0n) is 10.3. The zero-order valence-corrected chi connectivity index (χ0v) is 12.3. The third-order valence-electron chi connectivity index (χ3n) is 3.71. The van der Waals surface area contributed by atoms with Crippen LogP contribution in [0.1, 0.15) is 52.4 Å². The Bertz CT molecular complexity index is 243. The molecule has 0 spiro atoms. The van der Waals surface area contributed by atoms with E-state index in [0.29, 0.717) is 12.5 Å². The first-order valence-electron chi connectivity index (χ1n) is 5.86. The first kappa shape index (κ1) is 16.2. The summed E-state index contributed by atoms with van der Waals surface area (Å²) in [6.07, 6.45) is 7.09. The van der Waals surface area contributed by atoms with Gasteiger partial charge in [-0.2, -0.15) is 27.0 Å². The van der Waals surface area contributed by atoms with Crippen molar-refractivity contribution in [3.05, 3.63) is 0 Å². The van der Waals surface area contributed by atoms with Gasteiger partial charge in [-0.05, 0) is 30.6 Å². The van der Waals surface area contributed by atoms with Crippen LogP contribution in [0.5, 0.6) is 0 Å². The summed E-state index contributed by atoms with van der Waals surface area (Å²) in [6.45, 7) is 4.45. The maximum Gasteiger partial charge on any atom is 0.220 e. The fourth-order valence-corrected chi connectivity index (χ4v) is 3.12. The first-order valence-corrected chi connectivity index (χ1v) is 5.86. The highest BCUT2D eigenvalue weighted by Crippen LogP contribution is 2.38. The molecule has 1 saturated carbocycles. The molecule has 0 unspecified atom stereocenters. The predicted octanol–water partition coefficient (Wildman–Crippen LogP) is 2.71. The highest BCUT2D eigenvalue weighted by molar-refractivity contribution is 7.59. The van der Waals surface area contributed by atoms with Gasteiger partial charge in [-0.1, -0.05) is 26.7 Å². The van der Waals surface area contributed by atoms with Crippen LogP contribution in [-0.4, -0.2) is 11.9 Å². The van der Waals surface area contributed by atoms with Gasteiger partial charge in [0.25, 0.3) is 0 Å². The molecule has 2 nitrogen and oxygen atoms in total. The predicted molar refractivity (Wildman–Crippen MR) is 77.7 cm³/mol. The molecule has 96 valence electrons. The summed E-state index contributed by atoms with van der Waals surface area (Å²) in [7, 11) is 0. The highest BCUT2D eigenvalue weighted by Gasteiger charge is 2.36. The molecule has 0 aromatic heterocycles. The summed E-state index contributed by atoms with van der Waals surface area (Å²) >= 11 is 0. The molecule has 2 atom stereocenters. The van der Waals surface area contributed by atoms with E-state index in [1.54, 1.807) is 0 Å². The first-order chi connectivity index (χ1) is 6.57.